The number of hydrogen-bond donors (Lipinski definition) is 0. The molecule has 6 aromatic carbocycles. The van der Waals surface area contributed by atoms with Crippen molar-refractivity contribution in [3.8, 4) is 56.9 Å². The van der Waals surface area contributed by atoms with E-state index >= 15 is 0 Å². The lowest BCUT2D eigenvalue weighted by Crippen LogP contribution is -2.25. The Morgan fingerprint density at radius 3 is 1.33 bits per heavy atom. The van der Waals surface area contributed by atoms with Crippen LogP contribution in [0.5, 0.6) is 0 Å². The first-order valence-electron chi connectivity index (χ1n) is 20.1. The van der Waals surface area contributed by atoms with Gasteiger partial charge in [0.25, 0.3) is 0 Å². The van der Waals surface area contributed by atoms with Crippen molar-refractivity contribution in [3.63, 3.8) is 0 Å². The van der Waals surface area contributed by atoms with Crippen molar-refractivity contribution in [1.29, 1.82) is 0 Å². The van der Waals surface area contributed by atoms with E-state index in [2.05, 4.69) is 143 Å². The minimum Gasteiger partial charge on any atom is -0.416 e. The molecule has 0 unspecified atom stereocenters. The highest BCUT2D eigenvalue weighted by Crippen LogP contribution is 2.56. The molecule has 2 aromatic heterocycles. The van der Waals surface area contributed by atoms with Crippen LogP contribution in [0.1, 0.15) is 89.2 Å². The lowest BCUT2D eigenvalue weighted by atomic mass is 9.70. The predicted molar refractivity (Wildman–Crippen MR) is 223 cm³/mol. The van der Waals surface area contributed by atoms with Crippen LogP contribution in [0, 0.1) is 0 Å². The number of aromatic nitrogens is 4. The van der Waals surface area contributed by atoms with Crippen LogP contribution in [0.25, 0.3) is 78.5 Å². The average molecular weight is 723 g/mol. The van der Waals surface area contributed by atoms with E-state index in [0.29, 0.717) is 23.6 Å². The average Bonchev–Trinajstić information content (AvgIpc) is 3.99. The van der Waals surface area contributed by atoms with Gasteiger partial charge in [-0.15, -0.1) is 20.4 Å². The van der Waals surface area contributed by atoms with Gasteiger partial charge in [-0.3, -0.25) is 0 Å². The summed E-state index contributed by atoms with van der Waals surface area (Å²) in [7, 11) is 0. The summed E-state index contributed by atoms with van der Waals surface area (Å²) in [5, 5.41) is 22.9. The van der Waals surface area contributed by atoms with E-state index in [4.69, 9.17) is 8.83 Å². The second-order valence-electron chi connectivity index (χ2n) is 15.1. The molecule has 0 saturated heterocycles. The van der Waals surface area contributed by atoms with Gasteiger partial charge in [-0.2, -0.15) is 0 Å². The first-order valence-corrected chi connectivity index (χ1v) is 20.1. The number of benzene rings is 6. The lowest BCUT2D eigenvalue weighted by molar-refractivity contribution is 0.401. The summed E-state index contributed by atoms with van der Waals surface area (Å²) >= 11 is 0. The summed E-state index contributed by atoms with van der Waals surface area (Å²) in [6, 6.07) is 42.6. The standard InChI is InChI=1S/C49H46N4O2/c1-3-5-7-13-29-49(30-14-8-6-4-2)43-31-35(45-50-52-47(54-45)41-23-15-19-33-17-9-11-21-37(33)41)25-27-39(43)40-28-26-36(32-44(40)49)46-51-53-48(55-46)42-24-16-20-34-18-10-12-22-38(34)42/h9-12,15-28,31-32H,3-8,13-14,29-30H2,1-2H3. The van der Waals surface area contributed by atoms with Crippen LogP contribution < -0.4 is 0 Å². The van der Waals surface area contributed by atoms with Crippen molar-refractivity contribution in [3.05, 3.63) is 132 Å². The maximum Gasteiger partial charge on any atom is 0.248 e. The molecule has 6 heteroatoms. The molecular weight excluding hydrogens is 677 g/mol. The van der Waals surface area contributed by atoms with E-state index < -0.39 is 0 Å². The third kappa shape index (κ3) is 6.43. The zero-order chi connectivity index (χ0) is 37.2. The van der Waals surface area contributed by atoms with E-state index in [0.717, 1.165) is 69.5 Å². The molecule has 0 radical (unpaired) electrons. The van der Waals surface area contributed by atoms with Crippen molar-refractivity contribution in [2.45, 2.75) is 83.5 Å². The fraction of sp³-hybridized carbons (Fsp3) is 0.265. The van der Waals surface area contributed by atoms with Crippen molar-refractivity contribution >= 4 is 21.5 Å². The minimum atomic E-state index is -0.171. The van der Waals surface area contributed by atoms with Gasteiger partial charge >= 0.3 is 0 Å². The molecule has 6 nitrogen and oxygen atoms in total. The topological polar surface area (TPSA) is 77.8 Å². The van der Waals surface area contributed by atoms with Crippen LogP contribution in [-0.2, 0) is 5.41 Å². The molecule has 0 aliphatic heterocycles. The maximum atomic E-state index is 6.49. The summed E-state index contributed by atoms with van der Waals surface area (Å²) in [5.41, 5.74) is 8.92. The lowest BCUT2D eigenvalue weighted by Gasteiger charge is -2.33. The summed E-state index contributed by atoms with van der Waals surface area (Å²) < 4.78 is 13.0. The van der Waals surface area contributed by atoms with E-state index in [1.54, 1.807) is 0 Å². The Morgan fingerprint density at radius 2 is 0.855 bits per heavy atom. The quantitative estimate of drug-likeness (QED) is 0.104. The molecule has 0 amide bonds. The minimum absolute atomic E-state index is 0.171. The molecule has 0 bridgehead atoms. The second-order valence-corrected chi connectivity index (χ2v) is 15.1. The maximum absolute atomic E-state index is 6.49. The predicted octanol–water partition coefficient (Wildman–Crippen LogP) is 13.6. The number of unbranched alkanes of at least 4 members (excludes halogenated alkanes) is 6. The monoisotopic (exact) mass is 722 g/mol. The zero-order valence-electron chi connectivity index (χ0n) is 31.7. The Labute approximate surface area is 322 Å². The third-order valence-electron chi connectivity index (χ3n) is 11.7. The third-order valence-corrected chi connectivity index (χ3v) is 11.7. The van der Waals surface area contributed by atoms with Crippen molar-refractivity contribution < 1.29 is 8.83 Å². The van der Waals surface area contributed by atoms with Gasteiger partial charge in [-0.25, -0.2) is 0 Å². The molecule has 0 fully saturated rings. The van der Waals surface area contributed by atoms with Crippen molar-refractivity contribution in [1.82, 2.24) is 20.4 Å². The van der Waals surface area contributed by atoms with Gasteiger partial charge in [0.05, 0.1) is 0 Å². The molecule has 8 aromatic rings. The van der Waals surface area contributed by atoms with Gasteiger partial charge in [-0.05, 0) is 93.0 Å². The van der Waals surface area contributed by atoms with E-state index in [-0.39, 0.29) is 5.41 Å². The number of hydrogen-bond acceptors (Lipinski definition) is 6. The fourth-order valence-electron chi connectivity index (χ4n) is 8.85. The summed E-state index contributed by atoms with van der Waals surface area (Å²) in [4.78, 5) is 0. The van der Waals surface area contributed by atoms with E-state index in [1.807, 2.05) is 12.1 Å². The Balaban J connectivity index is 1.13. The number of fused-ring (bicyclic) bond motifs is 5. The highest BCUT2D eigenvalue weighted by atomic mass is 16.4. The van der Waals surface area contributed by atoms with Crippen LogP contribution in [0.4, 0.5) is 0 Å². The van der Waals surface area contributed by atoms with Gasteiger partial charge < -0.3 is 8.83 Å². The highest BCUT2D eigenvalue weighted by Gasteiger charge is 2.43. The van der Waals surface area contributed by atoms with Gasteiger partial charge in [0.15, 0.2) is 0 Å². The molecule has 55 heavy (non-hydrogen) atoms. The summed E-state index contributed by atoms with van der Waals surface area (Å²) in [6.45, 7) is 4.57. The van der Waals surface area contributed by atoms with Gasteiger partial charge in [0, 0.05) is 27.7 Å². The Bertz CT molecular complexity index is 2420. The van der Waals surface area contributed by atoms with Crippen LogP contribution in [0.15, 0.2) is 130 Å². The van der Waals surface area contributed by atoms with Gasteiger partial charge in [0.2, 0.25) is 23.6 Å². The van der Waals surface area contributed by atoms with E-state index in [1.165, 1.54) is 60.8 Å². The van der Waals surface area contributed by atoms with Gasteiger partial charge in [-0.1, -0.05) is 150 Å². The van der Waals surface area contributed by atoms with Crippen LogP contribution in [-0.4, -0.2) is 20.4 Å². The molecule has 1 aliphatic rings. The first-order chi connectivity index (χ1) is 27.2. The molecule has 0 saturated carbocycles. The van der Waals surface area contributed by atoms with Crippen molar-refractivity contribution in [2.24, 2.45) is 0 Å². The van der Waals surface area contributed by atoms with E-state index in [9.17, 15) is 0 Å². The SMILES string of the molecule is CCCCCCC1(CCCCCC)c2cc(-c3nnc(-c4cccc5ccccc45)o3)ccc2-c2ccc(-c3nnc(-c4cccc5ccccc45)o3)cc21. The Kier molecular flexibility index (Phi) is 9.57. The highest BCUT2D eigenvalue weighted by molar-refractivity contribution is 5.96. The molecule has 9 rings (SSSR count). The molecule has 2 heterocycles. The van der Waals surface area contributed by atoms with Crippen molar-refractivity contribution in [2.75, 3.05) is 0 Å². The molecular formula is C49H46N4O2. The smallest absolute Gasteiger partial charge is 0.248 e. The molecule has 0 N–H and O–H groups in total. The van der Waals surface area contributed by atoms with Gasteiger partial charge in [0.1, 0.15) is 0 Å². The Hall–Kier alpha value is -5.88. The van der Waals surface area contributed by atoms with Crippen LogP contribution >= 0.6 is 0 Å². The number of rotatable bonds is 14. The fourth-order valence-corrected chi connectivity index (χ4v) is 8.85. The number of nitrogens with zero attached hydrogens (tertiary/aromatic N) is 4. The molecule has 274 valence electrons. The zero-order valence-corrected chi connectivity index (χ0v) is 31.7. The first kappa shape index (κ1) is 34.9. The normalized spacial score (nSPS) is 13.1. The second kappa shape index (κ2) is 15.1. The van der Waals surface area contributed by atoms with Crippen LogP contribution in [0.2, 0.25) is 0 Å². The summed E-state index contributed by atoms with van der Waals surface area (Å²) in [5.74, 6) is 2.15. The molecule has 0 spiro atoms. The molecule has 0 atom stereocenters. The Morgan fingerprint density at radius 1 is 0.418 bits per heavy atom. The largest absolute Gasteiger partial charge is 0.416 e. The molecule has 1 aliphatic carbocycles. The van der Waals surface area contributed by atoms with Crippen LogP contribution in [0.3, 0.4) is 0 Å². The summed E-state index contributed by atoms with van der Waals surface area (Å²) in [6.07, 6.45) is 11.8.